The molecule has 0 fully saturated rings. The molecule has 0 saturated heterocycles. The smallest absolute Gasteiger partial charge is 0.164 e. The van der Waals surface area contributed by atoms with E-state index in [0.717, 1.165) is 38.9 Å². The molecule has 0 radical (unpaired) electrons. The standard InChI is InChI=1S/C65H44N6/c1-65(2)55-28-15-14-25-47(55)48-32-29-43(38-56(48)65)42-23-16-24-44(35-42)62-67-61(41-21-10-5-11-22-41)70-64(71-62)46-31-34-52-54(37-46)58-50-27-13-12-26-49(50)57(52)53-36-45(30-33-51(53)58)63-68-59(39-17-6-3-7-18-39)66-60(69-63)40-19-8-4-9-20-40/h3-38,57-58H,1-2H3. The molecule has 2 aromatic heterocycles. The van der Waals surface area contributed by atoms with Gasteiger partial charge in [-0.05, 0) is 91.0 Å². The van der Waals surface area contributed by atoms with Crippen LogP contribution in [-0.4, -0.2) is 29.9 Å². The Morgan fingerprint density at radius 1 is 0.254 bits per heavy atom. The first-order valence-corrected chi connectivity index (χ1v) is 24.3. The molecule has 0 N–H and O–H groups in total. The summed E-state index contributed by atoms with van der Waals surface area (Å²) in [6.07, 6.45) is 0. The highest BCUT2D eigenvalue weighted by molar-refractivity contribution is 5.84. The second-order valence-electron chi connectivity index (χ2n) is 19.4. The maximum absolute atomic E-state index is 5.30. The van der Waals surface area contributed by atoms with Gasteiger partial charge in [0.1, 0.15) is 0 Å². The van der Waals surface area contributed by atoms with Crippen molar-refractivity contribution in [3.05, 3.63) is 263 Å². The Morgan fingerprint density at radius 2 is 0.606 bits per heavy atom. The molecule has 0 aliphatic heterocycles. The molecular formula is C65H44N6. The SMILES string of the molecule is CC1(C)c2ccccc2-c2ccc(-c3cccc(-c4nc(-c5ccccc5)nc(-c5ccc6c(c5)C5c7ccccc7C6c6cc(-c7nc(-c8ccccc8)nc(-c8ccccc8)n7)ccc65)n4)c3)cc21. The van der Waals surface area contributed by atoms with Gasteiger partial charge >= 0.3 is 0 Å². The van der Waals surface area contributed by atoms with Crippen LogP contribution in [0.2, 0.25) is 0 Å². The zero-order chi connectivity index (χ0) is 47.2. The second-order valence-corrected chi connectivity index (χ2v) is 19.4. The first-order valence-electron chi connectivity index (χ1n) is 24.3. The fourth-order valence-electron chi connectivity index (χ4n) is 11.5. The number of nitrogens with zero attached hydrogens (tertiary/aromatic N) is 6. The lowest BCUT2D eigenvalue weighted by Gasteiger charge is -2.42. The maximum atomic E-state index is 5.30. The highest BCUT2D eigenvalue weighted by Gasteiger charge is 2.42. The van der Waals surface area contributed by atoms with Crippen LogP contribution in [0.1, 0.15) is 70.2 Å². The number of hydrogen-bond acceptors (Lipinski definition) is 6. The predicted molar refractivity (Wildman–Crippen MR) is 284 cm³/mol. The minimum absolute atomic E-state index is 0.0185. The minimum Gasteiger partial charge on any atom is -0.208 e. The van der Waals surface area contributed by atoms with Crippen LogP contribution in [0.5, 0.6) is 0 Å². The summed E-state index contributed by atoms with van der Waals surface area (Å²) in [5, 5.41) is 0. The zero-order valence-electron chi connectivity index (χ0n) is 39.1. The van der Waals surface area contributed by atoms with Gasteiger partial charge in [-0.2, -0.15) is 0 Å². The van der Waals surface area contributed by atoms with Crippen LogP contribution in [0.4, 0.5) is 0 Å². The van der Waals surface area contributed by atoms with Gasteiger partial charge in [-0.1, -0.05) is 208 Å². The average molecular weight is 909 g/mol. The Bertz CT molecular complexity index is 3860. The van der Waals surface area contributed by atoms with E-state index in [1.807, 2.05) is 54.6 Å². The second kappa shape index (κ2) is 16.0. The van der Waals surface area contributed by atoms with Crippen LogP contribution in [0.25, 0.3) is 90.6 Å². The van der Waals surface area contributed by atoms with E-state index in [4.69, 9.17) is 29.9 Å². The van der Waals surface area contributed by atoms with Crippen molar-refractivity contribution in [3.63, 3.8) is 0 Å². The number of hydrogen-bond donors (Lipinski definition) is 0. The Labute approximate surface area is 412 Å². The molecular weight excluding hydrogens is 865 g/mol. The van der Waals surface area contributed by atoms with Crippen LogP contribution < -0.4 is 0 Å². The summed E-state index contributed by atoms with van der Waals surface area (Å²) >= 11 is 0. The summed E-state index contributed by atoms with van der Waals surface area (Å²) < 4.78 is 0. The van der Waals surface area contributed by atoms with Crippen molar-refractivity contribution < 1.29 is 0 Å². The Kier molecular flexibility index (Phi) is 9.27. The molecule has 2 atom stereocenters. The van der Waals surface area contributed by atoms with Gasteiger partial charge in [0, 0.05) is 50.6 Å². The summed E-state index contributed by atoms with van der Waals surface area (Å²) in [5.41, 5.74) is 21.0. The van der Waals surface area contributed by atoms with Gasteiger partial charge in [0.25, 0.3) is 0 Å². The van der Waals surface area contributed by atoms with E-state index in [9.17, 15) is 0 Å². The maximum Gasteiger partial charge on any atom is 0.164 e. The van der Waals surface area contributed by atoms with Crippen LogP contribution in [0.15, 0.2) is 218 Å². The number of aromatic nitrogens is 6. The summed E-state index contributed by atoms with van der Waals surface area (Å²) in [7, 11) is 0. The van der Waals surface area contributed by atoms with Gasteiger partial charge in [-0.15, -0.1) is 0 Å². The molecule has 15 rings (SSSR count). The van der Waals surface area contributed by atoms with Crippen molar-refractivity contribution in [1.82, 2.24) is 29.9 Å². The highest BCUT2D eigenvalue weighted by atomic mass is 15.0. The predicted octanol–water partition coefficient (Wildman–Crippen LogP) is 15.0. The van der Waals surface area contributed by atoms with Crippen LogP contribution in [-0.2, 0) is 5.41 Å². The summed E-state index contributed by atoms with van der Waals surface area (Å²) in [6.45, 7) is 4.66. The zero-order valence-corrected chi connectivity index (χ0v) is 39.1. The molecule has 4 aliphatic carbocycles. The van der Waals surface area contributed by atoms with Gasteiger partial charge in [0.2, 0.25) is 0 Å². The molecule has 6 nitrogen and oxygen atoms in total. The van der Waals surface area contributed by atoms with Crippen molar-refractivity contribution in [2.24, 2.45) is 0 Å². The molecule has 334 valence electrons. The number of rotatable bonds is 7. The molecule has 0 spiro atoms. The third kappa shape index (κ3) is 6.70. The first kappa shape index (κ1) is 41.0. The van der Waals surface area contributed by atoms with Crippen molar-refractivity contribution in [1.29, 1.82) is 0 Å². The monoisotopic (exact) mass is 908 g/mol. The topological polar surface area (TPSA) is 77.3 Å². The van der Waals surface area contributed by atoms with Crippen molar-refractivity contribution in [3.8, 4) is 90.6 Å². The van der Waals surface area contributed by atoms with E-state index in [-0.39, 0.29) is 17.3 Å². The summed E-state index contributed by atoms with van der Waals surface area (Å²) in [5.74, 6) is 3.91. The molecule has 11 aromatic rings. The van der Waals surface area contributed by atoms with E-state index in [1.165, 1.54) is 61.2 Å². The third-order valence-corrected chi connectivity index (χ3v) is 15.0. The quantitative estimate of drug-likeness (QED) is 0.159. The Hall–Kier alpha value is -9.00. The Balaban J connectivity index is 0.865. The lowest BCUT2D eigenvalue weighted by Crippen LogP contribution is -2.27. The first-order chi connectivity index (χ1) is 34.9. The lowest BCUT2D eigenvalue weighted by atomic mass is 9.61. The van der Waals surface area contributed by atoms with Gasteiger partial charge in [-0.25, -0.2) is 29.9 Å². The van der Waals surface area contributed by atoms with Crippen molar-refractivity contribution in [2.75, 3.05) is 0 Å². The molecule has 2 unspecified atom stereocenters. The van der Waals surface area contributed by atoms with Gasteiger partial charge in [-0.3, -0.25) is 0 Å². The van der Waals surface area contributed by atoms with E-state index >= 15 is 0 Å². The molecule has 2 heterocycles. The van der Waals surface area contributed by atoms with Gasteiger partial charge in [0.05, 0.1) is 0 Å². The van der Waals surface area contributed by atoms with E-state index in [0.29, 0.717) is 34.9 Å². The largest absolute Gasteiger partial charge is 0.208 e. The van der Waals surface area contributed by atoms with Crippen LogP contribution in [0, 0.1) is 0 Å². The summed E-state index contributed by atoms with van der Waals surface area (Å²) in [4.78, 5) is 30.9. The molecule has 71 heavy (non-hydrogen) atoms. The van der Waals surface area contributed by atoms with Crippen molar-refractivity contribution >= 4 is 0 Å². The third-order valence-electron chi connectivity index (χ3n) is 15.0. The molecule has 0 saturated carbocycles. The number of fused-ring (bicyclic) bond motifs is 3. The van der Waals surface area contributed by atoms with E-state index in [2.05, 4.69) is 178 Å². The molecule has 4 aliphatic rings. The highest BCUT2D eigenvalue weighted by Crippen LogP contribution is 2.57. The van der Waals surface area contributed by atoms with Crippen LogP contribution >= 0.6 is 0 Å². The normalized spacial score (nSPS) is 15.3. The van der Waals surface area contributed by atoms with E-state index < -0.39 is 0 Å². The van der Waals surface area contributed by atoms with E-state index in [1.54, 1.807) is 0 Å². The summed E-state index contributed by atoms with van der Waals surface area (Å²) in [6, 6.07) is 77.5. The molecule has 2 bridgehead atoms. The molecule has 6 heteroatoms. The molecule has 9 aromatic carbocycles. The lowest BCUT2D eigenvalue weighted by molar-refractivity contribution is 0.660. The Morgan fingerprint density at radius 3 is 1.11 bits per heavy atom. The van der Waals surface area contributed by atoms with Crippen molar-refractivity contribution in [2.45, 2.75) is 31.1 Å². The minimum atomic E-state index is -0.0931. The van der Waals surface area contributed by atoms with Gasteiger partial charge < -0.3 is 0 Å². The fourth-order valence-corrected chi connectivity index (χ4v) is 11.5. The average Bonchev–Trinajstić information content (AvgIpc) is 3.68. The van der Waals surface area contributed by atoms with Crippen LogP contribution in [0.3, 0.4) is 0 Å². The number of benzene rings is 9. The van der Waals surface area contributed by atoms with Gasteiger partial charge in [0.15, 0.2) is 34.9 Å². The molecule has 0 amide bonds. The fraction of sp³-hybridized carbons (Fsp3) is 0.0769.